The van der Waals surface area contributed by atoms with E-state index in [1.54, 1.807) is 12.3 Å². The highest BCUT2D eigenvalue weighted by Crippen LogP contribution is 2.25. The van der Waals surface area contributed by atoms with Crippen molar-refractivity contribution < 1.29 is 0 Å². The zero-order valence-electron chi connectivity index (χ0n) is 11.2. The van der Waals surface area contributed by atoms with Crippen LogP contribution < -0.4 is 5.73 Å². The summed E-state index contributed by atoms with van der Waals surface area (Å²) in [5, 5.41) is 0. The van der Waals surface area contributed by atoms with Crippen molar-refractivity contribution in [3.63, 3.8) is 0 Å². The van der Waals surface area contributed by atoms with E-state index < -0.39 is 0 Å². The second kappa shape index (κ2) is 4.37. The molecule has 4 nitrogen and oxygen atoms in total. The first-order valence-electron chi connectivity index (χ1n) is 5.94. The fourth-order valence-corrected chi connectivity index (χ4v) is 1.67. The summed E-state index contributed by atoms with van der Waals surface area (Å²) in [5.74, 6) is 1.24. The minimum atomic E-state index is -0.125. The van der Waals surface area contributed by atoms with Crippen LogP contribution >= 0.6 is 0 Å². The number of aromatic nitrogens is 3. The van der Waals surface area contributed by atoms with E-state index in [2.05, 4.69) is 35.7 Å². The van der Waals surface area contributed by atoms with Gasteiger partial charge in [-0.15, -0.1) is 0 Å². The second-order valence-corrected chi connectivity index (χ2v) is 5.44. The van der Waals surface area contributed by atoms with Gasteiger partial charge in [0, 0.05) is 29.4 Å². The number of rotatable bonds is 1. The minimum absolute atomic E-state index is 0.125. The summed E-state index contributed by atoms with van der Waals surface area (Å²) >= 11 is 0. The molecule has 18 heavy (non-hydrogen) atoms. The van der Waals surface area contributed by atoms with E-state index in [1.165, 1.54) is 0 Å². The number of nitrogen functional groups attached to an aromatic ring is 1. The zero-order chi connectivity index (χ0) is 13.3. The van der Waals surface area contributed by atoms with Crippen LogP contribution in [0.3, 0.4) is 0 Å². The van der Waals surface area contributed by atoms with Gasteiger partial charge in [0.2, 0.25) is 0 Å². The number of hydrogen-bond acceptors (Lipinski definition) is 4. The fraction of sp³-hybridized carbons (Fsp3) is 0.357. The molecule has 0 saturated heterocycles. The Morgan fingerprint density at radius 1 is 1.17 bits per heavy atom. The van der Waals surface area contributed by atoms with Crippen molar-refractivity contribution in [1.82, 2.24) is 15.0 Å². The first-order valence-corrected chi connectivity index (χ1v) is 5.94. The maximum atomic E-state index is 5.87. The van der Waals surface area contributed by atoms with Gasteiger partial charge in [-0.1, -0.05) is 20.8 Å². The predicted molar refractivity (Wildman–Crippen MR) is 73.1 cm³/mol. The monoisotopic (exact) mass is 242 g/mol. The summed E-state index contributed by atoms with van der Waals surface area (Å²) in [6.45, 7) is 8.25. The van der Waals surface area contributed by atoms with E-state index in [9.17, 15) is 0 Å². The van der Waals surface area contributed by atoms with Crippen molar-refractivity contribution in [2.45, 2.75) is 33.1 Å². The molecule has 0 aliphatic carbocycles. The summed E-state index contributed by atoms with van der Waals surface area (Å²) in [5.41, 5.74) is 8.70. The third-order valence-electron chi connectivity index (χ3n) is 2.73. The van der Waals surface area contributed by atoms with Gasteiger partial charge in [-0.2, -0.15) is 0 Å². The molecule has 0 atom stereocenters. The lowest BCUT2D eigenvalue weighted by molar-refractivity contribution is 0.547. The lowest BCUT2D eigenvalue weighted by Gasteiger charge is -2.18. The van der Waals surface area contributed by atoms with Gasteiger partial charge >= 0.3 is 0 Å². The average Bonchev–Trinajstić information content (AvgIpc) is 2.27. The molecule has 4 heteroatoms. The second-order valence-electron chi connectivity index (χ2n) is 5.44. The van der Waals surface area contributed by atoms with Crippen LogP contribution in [0.25, 0.3) is 11.3 Å². The number of nitrogens with zero attached hydrogens (tertiary/aromatic N) is 3. The Bertz CT molecular complexity index is 570. The van der Waals surface area contributed by atoms with Crippen molar-refractivity contribution in [3.8, 4) is 11.3 Å². The smallest absolute Gasteiger partial charge is 0.136 e. The Morgan fingerprint density at radius 3 is 2.50 bits per heavy atom. The summed E-state index contributed by atoms with van der Waals surface area (Å²) < 4.78 is 0. The number of hydrogen-bond donors (Lipinski definition) is 1. The van der Waals surface area contributed by atoms with E-state index >= 15 is 0 Å². The van der Waals surface area contributed by atoms with Crippen LogP contribution in [0.5, 0.6) is 0 Å². The molecule has 0 radical (unpaired) electrons. The molecular weight excluding hydrogens is 224 g/mol. The van der Waals surface area contributed by atoms with Crippen molar-refractivity contribution in [2.24, 2.45) is 0 Å². The summed E-state index contributed by atoms with van der Waals surface area (Å²) in [4.78, 5) is 13.1. The van der Waals surface area contributed by atoms with E-state index in [4.69, 9.17) is 5.73 Å². The molecule has 0 spiro atoms. The van der Waals surface area contributed by atoms with Gasteiger partial charge in [0.1, 0.15) is 11.6 Å². The van der Waals surface area contributed by atoms with Crippen LogP contribution in [0.15, 0.2) is 24.5 Å². The number of anilines is 1. The third-order valence-corrected chi connectivity index (χ3v) is 2.73. The van der Waals surface area contributed by atoms with Crippen molar-refractivity contribution >= 4 is 5.82 Å². The molecule has 0 amide bonds. The molecule has 2 rings (SSSR count). The first kappa shape index (κ1) is 12.5. The minimum Gasteiger partial charge on any atom is -0.384 e. The summed E-state index contributed by atoms with van der Waals surface area (Å²) in [6, 6.07) is 3.75. The largest absolute Gasteiger partial charge is 0.384 e. The van der Waals surface area contributed by atoms with Gasteiger partial charge in [0.05, 0.1) is 5.69 Å². The molecule has 0 bridgehead atoms. The van der Waals surface area contributed by atoms with Crippen molar-refractivity contribution in [1.29, 1.82) is 0 Å². The molecule has 2 aromatic rings. The number of pyridine rings is 1. The molecule has 0 unspecified atom stereocenters. The maximum absolute atomic E-state index is 5.87. The van der Waals surface area contributed by atoms with Gasteiger partial charge in [-0.3, -0.25) is 4.98 Å². The molecular formula is C14H18N4. The molecule has 2 aromatic heterocycles. The number of aryl methyl sites for hydroxylation is 1. The predicted octanol–water partition coefficient (Wildman–Crippen LogP) is 2.73. The van der Waals surface area contributed by atoms with Crippen LogP contribution in [0.4, 0.5) is 5.82 Å². The van der Waals surface area contributed by atoms with Crippen molar-refractivity contribution in [2.75, 3.05) is 5.73 Å². The highest BCUT2D eigenvalue weighted by atomic mass is 15.0. The SMILES string of the molecule is Cc1ccncc1-c1cc(N)nc(C(C)(C)C)n1. The Balaban J connectivity index is 2.60. The quantitative estimate of drug-likeness (QED) is 0.835. The van der Waals surface area contributed by atoms with Crippen LogP contribution in [-0.2, 0) is 5.41 Å². The number of nitrogens with two attached hydrogens (primary N) is 1. The highest BCUT2D eigenvalue weighted by molar-refractivity contribution is 5.64. The molecule has 0 aliphatic rings. The van der Waals surface area contributed by atoms with Crippen LogP contribution in [0, 0.1) is 6.92 Å². The van der Waals surface area contributed by atoms with Crippen LogP contribution in [-0.4, -0.2) is 15.0 Å². The van der Waals surface area contributed by atoms with Gasteiger partial charge in [0.25, 0.3) is 0 Å². The molecule has 0 aromatic carbocycles. The Kier molecular flexibility index (Phi) is 3.03. The van der Waals surface area contributed by atoms with Gasteiger partial charge in [0.15, 0.2) is 0 Å². The first-order chi connectivity index (χ1) is 8.38. The molecule has 0 saturated carbocycles. The van der Waals surface area contributed by atoms with Crippen molar-refractivity contribution in [3.05, 3.63) is 35.9 Å². The van der Waals surface area contributed by atoms with E-state index in [0.717, 1.165) is 22.6 Å². The Hall–Kier alpha value is -1.97. The average molecular weight is 242 g/mol. The topological polar surface area (TPSA) is 64.7 Å². The Labute approximate surface area is 107 Å². The molecule has 0 fully saturated rings. The fourth-order valence-electron chi connectivity index (χ4n) is 1.67. The van der Waals surface area contributed by atoms with Gasteiger partial charge in [-0.25, -0.2) is 9.97 Å². The normalized spacial score (nSPS) is 11.6. The maximum Gasteiger partial charge on any atom is 0.136 e. The lowest BCUT2D eigenvalue weighted by Crippen LogP contribution is -2.17. The summed E-state index contributed by atoms with van der Waals surface area (Å²) in [7, 11) is 0. The lowest BCUT2D eigenvalue weighted by atomic mass is 9.95. The molecule has 2 heterocycles. The van der Waals surface area contributed by atoms with Gasteiger partial charge < -0.3 is 5.73 Å². The van der Waals surface area contributed by atoms with E-state index in [-0.39, 0.29) is 5.41 Å². The molecule has 94 valence electrons. The third kappa shape index (κ3) is 2.47. The standard InChI is InChI=1S/C14H18N4/c1-9-5-6-16-8-10(9)11-7-12(15)18-13(17-11)14(2,3)4/h5-8H,1-4H3,(H2,15,17,18). The molecule has 2 N–H and O–H groups in total. The highest BCUT2D eigenvalue weighted by Gasteiger charge is 2.19. The van der Waals surface area contributed by atoms with E-state index in [0.29, 0.717) is 5.82 Å². The molecule has 0 aliphatic heterocycles. The van der Waals surface area contributed by atoms with Gasteiger partial charge in [-0.05, 0) is 18.6 Å². The summed E-state index contributed by atoms with van der Waals surface area (Å²) in [6.07, 6.45) is 3.58. The van der Waals surface area contributed by atoms with Crippen LogP contribution in [0.2, 0.25) is 0 Å². The van der Waals surface area contributed by atoms with E-state index in [1.807, 2.05) is 19.2 Å². The zero-order valence-corrected chi connectivity index (χ0v) is 11.2. The Morgan fingerprint density at radius 2 is 1.89 bits per heavy atom. The van der Waals surface area contributed by atoms with Crippen LogP contribution in [0.1, 0.15) is 32.2 Å².